The van der Waals surface area contributed by atoms with Crippen LogP contribution in [0.25, 0.3) is 0 Å². The molecule has 0 aromatic heterocycles. The largest absolute Gasteiger partial charge is 0.497 e. The smallest absolute Gasteiger partial charge is 0.315 e. The number of ether oxygens (including phenoxy) is 1. The van der Waals surface area contributed by atoms with E-state index in [1.54, 1.807) is 7.11 Å². The van der Waals surface area contributed by atoms with Gasteiger partial charge in [0.1, 0.15) is 5.75 Å². The van der Waals surface area contributed by atoms with Gasteiger partial charge in [-0.2, -0.15) is 0 Å². The van der Waals surface area contributed by atoms with E-state index in [2.05, 4.69) is 41.8 Å². The van der Waals surface area contributed by atoms with E-state index in [4.69, 9.17) is 4.74 Å². The van der Waals surface area contributed by atoms with Gasteiger partial charge in [0.25, 0.3) is 0 Å². The summed E-state index contributed by atoms with van der Waals surface area (Å²) in [5.41, 5.74) is 2.39. The number of benzene rings is 2. The van der Waals surface area contributed by atoms with Crippen molar-refractivity contribution < 1.29 is 9.53 Å². The first-order valence-corrected chi connectivity index (χ1v) is 9.09. The summed E-state index contributed by atoms with van der Waals surface area (Å²) in [6.45, 7) is 2.07. The number of nitrogens with one attached hydrogen (secondary N) is 2. The zero-order valence-corrected chi connectivity index (χ0v) is 14.7. The first kappa shape index (κ1) is 16.7. The van der Waals surface area contributed by atoms with Crippen molar-refractivity contribution in [2.24, 2.45) is 0 Å². The molecule has 0 radical (unpaired) electrons. The van der Waals surface area contributed by atoms with Gasteiger partial charge in [0.2, 0.25) is 0 Å². The summed E-state index contributed by atoms with van der Waals surface area (Å²) in [6.07, 6.45) is 0. The first-order valence-electron chi connectivity index (χ1n) is 8.04. The average Bonchev–Trinajstić information content (AvgIpc) is 2.61. The third kappa shape index (κ3) is 3.85. The number of urea groups is 1. The van der Waals surface area contributed by atoms with Crippen molar-refractivity contribution in [1.82, 2.24) is 10.6 Å². The fourth-order valence-electron chi connectivity index (χ4n) is 2.93. The molecule has 2 N–H and O–H groups in total. The fourth-order valence-corrected chi connectivity index (χ4v) is 4.28. The lowest BCUT2D eigenvalue weighted by molar-refractivity contribution is 0.222. The highest BCUT2D eigenvalue weighted by Gasteiger charge is 2.35. The molecule has 3 atom stereocenters. The first-order chi connectivity index (χ1) is 11.7. The number of amides is 2. The second-order valence-electron chi connectivity index (χ2n) is 5.92. The van der Waals surface area contributed by atoms with Gasteiger partial charge >= 0.3 is 6.03 Å². The standard InChI is InChI=1S/C19H22N2O2S/c1-13-18(24-12-14-8-10-16(23-2)11-9-14)17(21-19(22)20-13)15-6-4-3-5-7-15/h3-11,13,17-18H,12H2,1-2H3,(H2,20,21,22)/t13-,17+,18-/m0/s1. The lowest BCUT2D eigenvalue weighted by atomic mass is 9.98. The van der Waals surface area contributed by atoms with Gasteiger partial charge in [0.05, 0.1) is 13.2 Å². The van der Waals surface area contributed by atoms with Gasteiger partial charge in [0.15, 0.2) is 0 Å². The predicted molar refractivity (Wildman–Crippen MR) is 98.4 cm³/mol. The molecule has 2 aromatic rings. The van der Waals surface area contributed by atoms with Gasteiger partial charge < -0.3 is 15.4 Å². The van der Waals surface area contributed by atoms with Crippen LogP contribution < -0.4 is 15.4 Å². The summed E-state index contributed by atoms with van der Waals surface area (Å²) in [7, 11) is 1.67. The van der Waals surface area contributed by atoms with Crippen LogP contribution in [-0.2, 0) is 5.75 Å². The molecular formula is C19H22N2O2S. The summed E-state index contributed by atoms with van der Waals surface area (Å²) < 4.78 is 5.20. The van der Waals surface area contributed by atoms with Crippen LogP contribution in [0.1, 0.15) is 24.1 Å². The molecule has 4 nitrogen and oxygen atoms in total. The normalized spacial score (nSPS) is 23.2. The molecule has 1 heterocycles. The Morgan fingerprint density at radius 3 is 2.42 bits per heavy atom. The maximum Gasteiger partial charge on any atom is 0.315 e. The van der Waals surface area contributed by atoms with Gasteiger partial charge in [0, 0.05) is 17.0 Å². The Kier molecular flexibility index (Phi) is 5.30. The monoisotopic (exact) mass is 342 g/mol. The number of hydrogen-bond donors (Lipinski definition) is 2. The van der Waals surface area contributed by atoms with Crippen molar-refractivity contribution in [3.05, 3.63) is 65.7 Å². The summed E-state index contributed by atoms with van der Waals surface area (Å²) in [5, 5.41) is 6.33. The molecule has 2 aromatic carbocycles. The maximum atomic E-state index is 11.9. The highest BCUT2D eigenvalue weighted by Crippen LogP contribution is 2.33. The third-order valence-corrected chi connectivity index (χ3v) is 5.79. The number of methoxy groups -OCH3 is 1. The van der Waals surface area contributed by atoms with Crippen LogP contribution in [0.3, 0.4) is 0 Å². The summed E-state index contributed by atoms with van der Waals surface area (Å²) in [5.74, 6) is 1.76. The molecular weight excluding hydrogens is 320 g/mol. The molecule has 3 rings (SSSR count). The predicted octanol–water partition coefficient (Wildman–Crippen LogP) is 3.74. The van der Waals surface area contributed by atoms with Crippen molar-refractivity contribution in [2.45, 2.75) is 30.0 Å². The molecule has 0 aliphatic carbocycles. The molecule has 1 aliphatic rings. The lowest BCUT2D eigenvalue weighted by Gasteiger charge is -2.37. The van der Waals surface area contributed by atoms with Crippen LogP contribution in [0.5, 0.6) is 5.75 Å². The Bertz CT molecular complexity index is 676. The maximum absolute atomic E-state index is 11.9. The second kappa shape index (κ2) is 7.62. The van der Waals surface area contributed by atoms with E-state index < -0.39 is 0 Å². The molecule has 1 saturated heterocycles. The summed E-state index contributed by atoms with van der Waals surface area (Å²) in [4.78, 5) is 11.9. The number of rotatable bonds is 5. The summed E-state index contributed by atoms with van der Waals surface area (Å²) >= 11 is 1.86. The van der Waals surface area contributed by atoms with Crippen LogP contribution in [0.15, 0.2) is 54.6 Å². The zero-order valence-electron chi connectivity index (χ0n) is 13.9. The number of carbonyl (C=O) groups is 1. The summed E-state index contributed by atoms with van der Waals surface area (Å²) in [6, 6.07) is 18.3. The molecule has 126 valence electrons. The van der Waals surface area contributed by atoms with Crippen LogP contribution >= 0.6 is 11.8 Å². The number of thioether (sulfide) groups is 1. The average molecular weight is 342 g/mol. The Balaban J connectivity index is 1.73. The van der Waals surface area contributed by atoms with Gasteiger partial charge in [-0.1, -0.05) is 42.5 Å². The zero-order chi connectivity index (χ0) is 16.9. The molecule has 0 spiro atoms. The van der Waals surface area contributed by atoms with Gasteiger partial charge in [-0.3, -0.25) is 0 Å². The molecule has 5 heteroatoms. The SMILES string of the molecule is COc1ccc(CS[C@H]2[C@H](C)NC(=O)N[C@@H]2c2ccccc2)cc1. The highest BCUT2D eigenvalue weighted by molar-refractivity contribution is 7.99. The topological polar surface area (TPSA) is 50.4 Å². The molecule has 2 amide bonds. The molecule has 1 aliphatic heterocycles. The minimum absolute atomic E-state index is 0.0122. The number of hydrogen-bond acceptors (Lipinski definition) is 3. The highest BCUT2D eigenvalue weighted by atomic mass is 32.2. The van der Waals surface area contributed by atoms with E-state index in [0.29, 0.717) is 0 Å². The molecule has 0 saturated carbocycles. The Morgan fingerprint density at radius 1 is 1.04 bits per heavy atom. The van der Waals surface area contributed by atoms with Crippen LogP contribution in [0.2, 0.25) is 0 Å². The van der Waals surface area contributed by atoms with Gasteiger partial charge in [-0.25, -0.2) is 4.79 Å². The van der Waals surface area contributed by atoms with Gasteiger partial charge in [-0.15, -0.1) is 11.8 Å². The third-order valence-electron chi connectivity index (χ3n) is 4.23. The van der Waals surface area contributed by atoms with Crippen LogP contribution in [0.4, 0.5) is 4.79 Å². The van der Waals surface area contributed by atoms with Crippen molar-refractivity contribution in [2.75, 3.05) is 7.11 Å². The van der Waals surface area contributed by atoms with E-state index in [1.807, 2.05) is 42.1 Å². The van der Waals surface area contributed by atoms with E-state index in [-0.39, 0.29) is 23.4 Å². The number of carbonyl (C=O) groups excluding carboxylic acids is 1. The van der Waals surface area contributed by atoms with Gasteiger partial charge in [-0.05, 0) is 30.2 Å². The van der Waals surface area contributed by atoms with Crippen LogP contribution in [0, 0.1) is 0 Å². The minimum Gasteiger partial charge on any atom is -0.497 e. The Hall–Kier alpha value is -2.14. The van der Waals surface area contributed by atoms with Crippen molar-refractivity contribution in [3.63, 3.8) is 0 Å². The van der Waals surface area contributed by atoms with E-state index >= 15 is 0 Å². The second-order valence-corrected chi connectivity index (χ2v) is 7.08. The lowest BCUT2D eigenvalue weighted by Crippen LogP contribution is -2.56. The van der Waals surface area contributed by atoms with E-state index in [1.165, 1.54) is 5.56 Å². The van der Waals surface area contributed by atoms with Crippen molar-refractivity contribution in [1.29, 1.82) is 0 Å². The van der Waals surface area contributed by atoms with Crippen molar-refractivity contribution >= 4 is 17.8 Å². The molecule has 24 heavy (non-hydrogen) atoms. The Morgan fingerprint density at radius 2 is 1.75 bits per heavy atom. The molecule has 1 fully saturated rings. The fraction of sp³-hybridized carbons (Fsp3) is 0.316. The molecule has 0 unspecified atom stereocenters. The molecule has 0 bridgehead atoms. The minimum atomic E-state index is -0.0994. The van der Waals surface area contributed by atoms with E-state index in [9.17, 15) is 4.79 Å². The quantitative estimate of drug-likeness (QED) is 0.870. The van der Waals surface area contributed by atoms with E-state index in [0.717, 1.165) is 17.1 Å². The Labute approximate surface area is 147 Å². The van der Waals surface area contributed by atoms with Crippen LogP contribution in [-0.4, -0.2) is 24.4 Å². The van der Waals surface area contributed by atoms with Crippen molar-refractivity contribution in [3.8, 4) is 5.75 Å².